The average molecular weight is 230 g/mol. The zero-order valence-electron chi connectivity index (χ0n) is 9.67. The molecule has 0 aromatic heterocycles. The molecule has 0 amide bonds. The molecule has 2 aromatic rings. The molecular weight excluding hydrogens is 220 g/mol. The van der Waals surface area contributed by atoms with E-state index in [2.05, 4.69) is 12.1 Å². The number of nitrogens with zero attached hydrogens (tertiary/aromatic N) is 2. The Labute approximate surface area is 106 Å². The molecule has 0 spiro atoms. The third-order valence-corrected chi connectivity index (χ3v) is 3.49. The van der Waals surface area contributed by atoms with E-state index in [4.69, 9.17) is 0 Å². The van der Waals surface area contributed by atoms with Crippen molar-refractivity contribution in [2.75, 3.05) is 0 Å². The molecule has 2 heteroatoms. The zero-order chi connectivity index (χ0) is 12.5. The fourth-order valence-corrected chi connectivity index (χ4v) is 2.67. The van der Waals surface area contributed by atoms with Gasteiger partial charge in [-0.2, -0.15) is 10.5 Å². The first kappa shape index (κ1) is 10.6. The van der Waals surface area contributed by atoms with E-state index in [0.717, 1.165) is 22.3 Å². The molecule has 0 heterocycles. The summed E-state index contributed by atoms with van der Waals surface area (Å²) in [4.78, 5) is 0. The number of hydrogen-bond donors (Lipinski definition) is 0. The largest absolute Gasteiger partial charge is 0.198 e. The first-order chi connectivity index (χ1) is 8.86. The molecule has 1 aliphatic rings. The van der Waals surface area contributed by atoms with Gasteiger partial charge in [-0.15, -0.1) is 0 Å². The summed E-state index contributed by atoms with van der Waals surface area (Å²) in [5.41, 5.74) is 4.08. The minimum Gasteiger partial charge on any atom is -0.198 e. The van der Waals surface area contributed by atoms with Crippen LogP contribution < -0.4 is 0 Å². The number of hydrogen-bond acceptors (Lipinski definition) is 2. The van der Waals surface area contributed by atoms with Gasteiger partial charge in [-0.3, -0.25) is 0 Å². The molecular formula is C16H10N2. The highest BCUT2D eigenvalue weighted by Crippen LogP contribution is 2.45. The highest BCUT2D eigenvalue weighted by molar-refractivity contribution is 5.76. The first-order valence-corrected chi connectivity index (χ1v) is 5.84. The normalized spacial score (nSPS) is 20.1. The highest BCUT2D eigenvalue weighted by atomic mass is 14.4. The van der Waals surface area contributed by atoms with Crippen molar-refractivity contribution in [3.05, 3.63) is 59.7 Å². The molecule has 0 saturated carbocycles. The molecule has 0 radical (unpaired) electrons. The Morgan fingerprint density at radius 1 is 0.667 bits per heavy atom. The smallest absolute Gasteiger partial charge is 0.0918 e. The Morgan fingerprint density at radius 2 is 1.06 bits per heavy atom. The Hall–Kier alpha value is -2.58. The van der Waals surface area contributed by atoms with E-state index in [1.165, 1.54) is 0 Å². The molecule has 0 fully saturated rings. The Balaban J connectivity index is 2.36. The van der Waals surface area contributed by atoms with Gasteiger partial charge in [0.1, 0.15) is 0 Å². The molecule has 0 N–H and O–H groups in total. The van der Waals surface area contributed by atoms with Crippen LogP contribution in [-0.4, -0.2) is 0 Å². The van der Waals surface area contributed by atoms with Crippen molar-refractivity contribution in [1.82, 2.24) is 0 Å². The number of benzene rings is 2. The summed E-state index contributed by atoms with van der Waals surface area (Å²) in [5, 5.41) is 18.7. The number of nitriles is 2. The summed E-state index contributed by atoms with van der Waals surface area (Å²) in [6.07, 6.45) is 0. The lowest BCUT2D eigenvalue weighted by Crippen LogP contribution is -2.15. The van der Waals surface area contributed by atoms with Gasteiger partial charge >= 0.3 is 0 Å². The summed E-state index contributed by atoms with van der Waals surface area (Å²) >= 11 is 0. The topological polar surface area (TPSA) is 47.6 Å². The van der Waals surface area contributed by atoms with E-state index in [0.29, 0.717) is 0 Å². The lowest BCUT2D eigenvalue weighted by atomic mass is 9.73. The van der Waals surface area contributed by atoms with Gasteiger partial charge in [-0.25, -0.2) is 0 Å². The molecule has 2 unspecified atom stereocenters. The van der Waals surface area contributed by atoms with Crippen molar-refractivity contribution in [3.8, 4) is 23.3 Å². The Morgan fingerprint density at radius 3 is 1.44 bits per heavy atom. The van der Waals surface area contributed by atoms with Crippen LogP contribution in [0.3, 0.4) is 0 Å². The van der Waals surface area contributed by atoms with Gasteiger partial charge in [0.05, 0.1) is 24.0 Å². The van der Waals surface area contributed by atoms with E-state index < -0.39 is 0 Å². The van der Waals surface area contributed by atoms with Gasteiger partial charge in [0.2, 0.25) is 0 Å². The fraction of sp³-hybridized carbons (Fsp3) is 0.125. The van der Waals surface area contributed by atoms with Gasteiger partial charge in [-0.1, -0.05) is 48.5 Å². The summed E-state index contributed by atoms with van der Waals surface area (Å²) in [5.74, 6) is -0.748. The van der Waals surface area contributed by atoms with Crippen molar-refractivity contribution >= 4 is 0 Å². The van der Waals surface area contributed by atoms with Gasteiger partial charge < -0.3 is 0 Å². The van der Waals surface area contributed by atoms with Crippen LogP contribution in [0.2, 0.25) is 0 Å². The summed E-state index contributed by atoms with van der Waals surface area (Å²) in [6, 6.07) is 20.3. The van der Waals surface area contributed by atoms with E-state index in [9.17, 15) is 10.5 Å². The second-order valence-corrected chi connectivity index (χ2v) is 4.39. The molecule has 84 valence electrons. The Bertz CT molecular complexity index is 627. The van der Waals surface area contributed by atoms with Crippen molar-refractivity contribution in [2.45, 2.75) is 11.8 Å². The second kappa shape index (κ2) is 4.02. The zero-order valence-corrected chi connectivity index (χ0v) is 9.67. The molecule has 1 aliphatic carbocycles. The van der Waals surface area contributed by atoms with Gasteiger partial charge in [0, 0.05) is 0 Å². The maximum atomic E-state index is 9.36. The average Bonchev–Trinajstić information content (AvgIpc) is 2.45. The van der Waals surface area contributed by atoms with E-state index in [1.807, 2.05) is 48.5 Å². The van der Waals surface area contributed by atoms with Crippen LogP contribution in [0, 0.1) is 22.7 Å². The van der Waals surface area contributed by atoms with Crippen LogP contribution in [-0.2, 0) is 0 Å². The SMILES string of the molecule is N#CC1c2ccccc2-c2ccccc2C1C#N. The quantitative estimate of drug-likeness (QED) is 0.694. The summed E-state index contributed by atoms with van der Waals surface area (Å²) in [7, 11) is 0. The predicted molar refractivity (Wildman–Crippen MR) is 68.6 cm³/mol. The van der Waals surface area contributed by atoms with Crippen LogP contribution in [0.25, 0.3) is 11.1 Å². The number of rotatable bonds is 0. The molecule has 0 aliphatic heterocycles. The minimum atomic E-state index is -0.374. The third-order valence-electron chi connectivity index (χ3n) is 3.49. The maximum Gasteiger partial charge on any atom is 0.0918 e. The summed E-state index contributed by atoms with van der Waals surface area (Å²) < 4.78 is 0. The van der Waals surface area contributed by atoms with E-state index >= 15 is 0 Å². The molecule has 2 atom stereocenters. The van der Waals surface area contributed by atoms with Crippen molar-refractivity contribution in [3.63, 3.8) is 0 Å². The van der Waals surface area contributed by atoms with Crippen molar-refractivity contribution in [1.29, 1.82) is 10.5 Å². The van der Waals surface area contributed by atoms with Crippen molar-refractivity contribution < 1.29 is 0 Å². The third kappa shape index (κ3) is 1.33. The lowest BCUT2D eigenvalue weighted by molar-refractivity contribution is 0.751. The fourth-order valence-electron chi connectivity index (χ4n) is 2.67. The standard InChI is InChI=1S/C16H10N2/c17-9-15-13-7-3-1-5-11(13)12-6-2-4-8-14(12)16(15)10-18/h1-8,15-16H. The Kier molecular flexibility index (Phi) is 2.36. The van der Waals surface area contributed by atoms with E-state index in [1.54, 1.807) is 0 Å². The molecule has 2 nitrogen and oxygen atoms in total. The molecule has 18 heavy (non-hydrogen) atoms. The summed E-state index contributed by atoms with van der Waals surface area (Å²) in [6.45, 7) is 0. The van der Waals surface area contributed by atoms with E-state index in [-0.39, 0.29) is 11.8 Å². The molecule has 3 rings (SSSR count). The first-order valence-electron chi connectivity index (χ1n) is 5.84. The monoisotopic (exact) mass is 230 g/mol. The number of fused-ring (bicyclic) bond motifs is 3. The molecule has 0 saturated heterocycles. The van der Waals surface area contributed by atoms with Crippen LogP contribution in [0.1, 0.15) is 23.0 Å². The van der Waals surface area contributed by atoms with Gasteiger partial charge in [0.25, 0.3) is 0 Å². The van der Waals surface area contributed by atoms with Crippen LogP contribution in [0.5, 0.6) is 0 Å². The minimum absolute atomic E-state index is 0.374. The van der Waals surface area contributed by atoms with Crippen LogP contribution in [0.4, 0.5) is 0 Å². The van der Waals surface area contributed by atoms with Gasteiger partial charge in [0.15, 0.2) is 0 Å². The molecule has 0 bridgehead atoms. The highest BCUT2D eigenvalue weighted by Gasteiger charge is 2.33. The van der Waals surface area contributed by atoms with Crippen LogP contribution >= 0.6 is 0 Å². The second-order valence-electron chi connectivity index (χ2n) is 4.39. The predicted octanol–water partition coefficient (Wildman–Crippen LogP) is 3.58. The van der Waals surface area contributed by atoms with Crippen molar-refractivity contribution in [2.24, 2.45) is 0 Å². The maximum absolute atomic E-state index is 9.36. The lowest BCUT2D eigenvalue weighted by Gasteiger charge is -2.27. The van der Waals surface area contributed by atoms with Gasteiger partial charge in [-0.05, 0) is 22.3 Å². The molecule has 2 aromatic carbocycles. The van der Waals surface area contributed by atoms with Crippen LogP contribution in [0.15, 0.2) is 48.5 Å².